The van der Waals surface area contributed by atoms with E-state index >= 15 is 0 Å². The fourth-order valence-electron chi connectivity index (χ4n) is 3.88. The molecule has 0 bridgehead atoms. The Balaban J connectivity index is 1.43. The molecule has 29 heavy (non-hydrogen) atoms. The van der Waals surface area contributed by atoms with Gasteiger partial charge in [-0.25, -0.2) is 0 Å². The fourth-order valence-corrected chi connectivity index (χ4v) is 3.88. The molecule has 1 saturated heterocycles. The summed E-state index contributed by atoms with van der Waals surface area (Å²) in [5.74, 6) is 0.744. The SMILES string of the molecule is CC1CCN(Cc2ccc(NC(=O)C(c3ccccc3)n3cccn3)cc2)CC1. The average Bonchev–Trinajstić information content (AvgIpc) is 3.26. The number of benzene rings is 2. The Bertz CT molecular complexity index is 898. The molecule has 1 aliphatic rings. The Hall–Kier alpha value is -2.92. The van der Waals surface area contributed by atoms with Gasteiger partial charge in [0, 0.05) is 24.6 Å². The Morgan fingerprint density at radius 1 is 1.07 bits per heavy atom. The zero-order valence-electron chi connectivity index (χ0n) is 16.9. The second kappa shape index (κ2) is 9.05. The molecule has 1 atom stereocenters. The van der Waals surface area contributed by atoms with Crippen molar-refractivity contribution in [3.05, 3.63) is 84.2 Å². The van der Waals surface area contributed by atoms with Gasteiger partial charge in [-0.05, 0) is 61.2 Å². The molecule has 0 saturated carbocycles. The second-order valence-electron chi connectivity index (χ2n) is 7.94. The van der Waals surface area contributed by atoms with E-state index in [0.29, 0.717) is 0 Å². The van der Waals surface area contributed by atoms with Gasteiger partial charge in [0.1, 0.15) is 0 Å². The van der Waals surface area contributed by atoms with Gasteiger partial charge in [0.05, 0.1) is 0 Å². The van der Waals surface area contributed by atoms with E-state index in [-0.39, 0.29) is 5.91 Å². The van der Waals surface area contributed by atoms with E-state index in [1.165, 1.54) is 31.5 Å². The van der Waals surface area contributed by atoms with Crippen LogP contribution in [0.1, 0.15) is 36.9 Å². The molecule has 5 heteroatoms. The van der Waals surface area contributed by atoms with Crippen molar-refractivity contribution in [1.82, 2.24) is 14.7 Å². The van der Waals surface area contributed by atoms with Crippen LogP contribution in [0, 0.1) is 5.92 Å². The predicted molar refractivity (Wildman–Crippen MR) is 116 cm³/mol. The number of anilines is 1. The third-order valence-electron chi connectivity index (χ3n) is 5.66. The van der Waals surface area contributed by atoms with Gasteiger partial charge in [0.25, 0.3) is 5.91 Å². The Labute approximate surface area is 172 Å². The molecule has 0 spiro atoms. The number of nitrogens with one attached hydrogen (secondary N) is 1. The summed E-state index contributed by atoms with van der Waals surface area (Å²) in [7, 11) is 0. The summed E-state index contributed by atoms with van der Waals surface area (Å²) in [6, 6.07) is 19.3. The molecule has 1 aromatic heterocycles. The number of hydrogen-bond donors (Lipinski definition) is 1. The van der Waals surface area contributed by atoms with Crippen molar-refractivity contribution >= 4 is 11.6 Å². The zero-order valence-corrected chi connectivity index (χ0v) is 16.9. The maximum absolute atomic E-state index is 13.1. The molecule has 0 aliphatic carbocycles. The van der Waals surface area contributed by atoms with E-state index in [2.05, 4.69) is 34.4 Å². The Kier molecular flexibility index (Phi) is 6.06. The van der Waals surface area contributed by atoms with Crippen LogP contribution in [0.15, 0.2) is 73.1 Å². The number of amides is 1. The Morgan fingerprint density at radius 2 is 1.79 bits per heavy atom. The van der Waals surface area contributed by atoms with Crippen LogP contribution in [0.2, 0.25) is 0 Å². The van der Waals surface area contributed by atoms with Crippen molar-refractivity contribution in [3.8, 4) is 0 Å². The molecular formula is C24H28N4O. The van der Waals surface area contributed by atoms with Crippen LogP contribution >= 0.6 is 0 Å². The van der Waals surface area contributed by atoms with E-state index in [1.807, 2.05) is 54.7 Å². The second-order valence-corrected chi connectivity index (χ2v) is 7.94. The lowest BCUT2D eigenvalue weighted by molar-refractivity contribution is -0.118. The first kappa shape index (κ1) is 19.4. The van der Waals surface area contributed by atoms with Crippen molar-refractivity contribution < 1.29 is 4.79 Å². The third-order valence-corrected chi connectivity index (χ3v) is 5.66. The van der Waals surface area contributed by atoms with Gasteiger partial charge in [0.2, 0.25) is 0 Å². The van der Waals surface area contributed by atoms with E-state index in [0.717, 1.165) is 23.7 Å². The van der Waals surface area contributed by atoms with Crippen LogP contribution in [0.5, 0.6) is 0 Å². The van der Waals surface area contributed by atoms with Crippen LogP contribution in [0.25, 0.3) is 0 Å². The molecule has 2 aromatic carbocycles. The van der Waals surface area contributed by atoms with Crippen LogP contribution in [-0.4, -0.2) is 33.7 Å². The molecule has 1 fully saturated rings. The molecule has 1 N–H and O–H groups in total. The summed E-state index contributed by atoms with van der Waals surface area (Å²) in [6.45, 7) is 5.65. The highest BCUT2D eigenvalue weighted by molar-refractivity contribution is 5.95. The first-order valence-corrected chi connectivity index (χ1v) is 10.4. The third kappa shape index (κ3) is 4.93. The molecule has 150 valence electrons. The molecular weight excluding hydrogens is 360 g/mol. The fraction of sp³-hybridized carbons (Fsp3) is 0.333. The topological polar surface area (TPSA) is 50.2 Å². The van der Waals surface area contributed by atoms with Gasteiger partial charge >= 0.3 is 0 Å². The van der Waals surface area contributed by atoms with Crippen molar-refractivity contribution in [1.29, 1.82) is 0 Å². The monoisotopic (exact) mass is 388 g/mol. The summed E-state index contributed by atoms with van der Waals surface area (Å²) < 4.78 is 1.69. The summed E-state index contributed by atoms with van der Waals surface area (Å²) in [5.41, 5.74) is 2.99. The average molecular weight is 389 g/mol. The van der Waals surface area contributed by atoms with Gasteiger partial charge in [-0.15, -0.1) is 0 Å². The molecule has 0 radical (unpaired) electrons. The number of nitrogens with zero attached hydrogens (tertiary/aromatic N) is 3. The van der Waals surface area contributed by atoms with Crippen LogP contribution < -0.4 is 5.32 Å². The first-order valence-electron chi connectivity index (χ1n) is 10.4. The lowest BCUT2D eigenvalue weighted by Gasteiger charge is -2.30. The smallest absolute Gasteiger partial charge is 0.253 e. The van der Waals surface area contributed by atoms with Gasteiger partial charge in [0.15, 0.2) is 6.04 Å². The first-order chi connectivity index (χ1) is 14.2. The number of hydrogen-bond acceptors (Lipinski definition) is 3. The Morgan fingerprint density at radius 3 is 2.45 bits per heavy atom. The van der Waals surface area contributed by atoms with E-state index < -0.39 is 6.04 Å². The predicted octanol–water partition coefficient (Wildman–Crippen LogP) is 4.34. The minimum atomic E-state index is -0.499. The number of likely N-dealkylation sites (tertiary alicyclic amines) is 1. The normalized spacial score (nSPS) is 16.4. The van der Waals surface area contributed by atoms with Crippen molar-refractivity contribution in [3.63, 3.8) is 0 Å². The molecule has 4 rings (SSSR count). The van der Waals surface area contributed by atoms with Crippen LogP contribution in [0.3, 0.4) is 0 Å². The quantitative estimate of drug-likeness (QED) is 0.683. The summed E-state index contributed by atoms with van der Waals surface area (Å²) in [6.07, 6.45) is 6.07. The number of piperidine rings is 1. The standard InChI is InChI=1S/C24H28N4O/c1-19-12-16-27(17-13-19)18-20-8-10-22(11-9-20)26-24(29)23(28-15-5-14-25-28)21-6-3-2-4-7-21/h2-11,14-15,19,23H,12-13,16-18H2,1H3,(H,26,29). The minimum Gasteiger partial charge on any atom is -0.324 e. The van der Waals surface area contributed by atoms with Crippen LogP contribution in [-0.2, 0) is 11.3 Å². The van der Waals surface area contributed by atoms with Crippen molar-refractivity contribution in [2.75, 3.05) is 18.4 Å². The summed E-state index contributed by atoms with van der Waals surface area (Å²) >= 11 is 0. The van der Waals surface area contributed by atoms with Crippen LogP contribution in [0.4, 0.5) is 5.69 Å². The highest BCUT2D eigenvalue weighted by Crippen LogP contribution is 2.22. The number of carbonyl (C=O) groups excluding carboxylic acids is 1. The molecule has 2 heterocycles. The van der Waals surface area contributed by atoms with E-state index in [1.54, 1.807) is 10.9 Å². The molecule has 3 aromatic rings. The molecule has 5 nitrogen and oxygen atoms in total. The van der Waals surface area contributed by atoms with E-state index in [4.69, 9.17) is 0 Å². The maximum atomic E-state index is 13.1. The summed E-state index contributed by atoms with van der Waals surface area (Å²) in [4.78, 5) is 15.6. The highest BCUT2D eigenvalue weighted by atomic mass is 16.2. The number of rotatable bonds is 6. The van der Waals surface area contributed by atoms with Crippen molar-refractivity contribution in [2.45, 2.75) is 32.4 Å². The van der Waals surface area contributed by atoms with Gasteiger partial charge in [-0.1, -0.05) is 49.4 Å². The summed E-state index contributed by atoms with van der Waals surface area (Å²) in [5, 5.41) is 7.34. The highest BCUT2D eigenvalue weighted by Gasteiger charge is 2.23. The molecule has 1 amide bonds. The lowest BCUT2D eigenvalue weighted by atomic mass is 9.99. The van der Waals surface area contributed by atoms with E-state index in [9.17, 15) is 4.79 Å². The largest absolute Gasteiger partial charge is 0.324 e. The molecule has 1 unspecified atom stereocenters. The van der Waals surface area contributed by atoms with Crippen molar-refractivity contribution in [2.24, 2.45) is 5.92 Å². The van der Waals surface area contributed by atoms with Gasteiger partial charge < -0.3 is 5.32 Å². The maximum Gasteiger partial charge on any atom is 0.253 e. The van der Waals surface area contributed by atoms with Gasteiger partial charge in [-0.3, -0.25) is 14.4 Å². The lowest BCUT2D eigenvalue weighted by Crippen LogP contribution is -2.32. The number of aromatic nitrogens is 2. The number of carbonyl (C=O) groups is 1. The molecule has 1 aliphatic heterocycles. The zero-order chi connectivity index (χ0) is 20.1. The minimum absolute atomic E-state index is 0.0994. The van der Waals surface area contributed by atoms with Gasteiger partial charge in [-0.2, -0.15) is 5.10 Å².